The maximum atomic E-state index is 12.6. The molecule has 0 spiro atoms. The van der Waals surface area contributed by atoms with Crippen molar-refractivity contribution in [2.45, 2.75) is 20.0 Å². The molecule has 1 aliphatic heterocycles. The first-order valence-corrected chi connectivity index (χ1v) is 6.92. The Labute approximate surface area is 120 Å². The number of rotatable bonds is 4. The number of carbonyl (C=O) groups excluding carboxylic acids is 1. The first-order valence-electron chi connectivity index (χ1n) is 6.92. The number of ether oxygens (including phenoxy) is 1. The van der Waals surface area contributed by atoms with Gasteiger partial charge < -0.3 is 20.3 Å². The summed E-state index contributed by atoms with van der Waals surface area (Å²) in [5, 5.41) is 0. The van der Waals surface area contributed by atoms with E-state index in [0.29, 0.717) is 12.2 Å². The summed E-state index contributed by atoms with van der Waals surface area (Å²) in [7, 11) is 3.98. The number of likely N-dealkylation sites (N-methyl/N-ethyl adjacent to an activating group) is 1. The van der Waals surface area contributed by atoms with Gasteiger partial charge in [-0.25, -0.2) is 0 Å². The summed E-state index contributed by atoms with van der Waals surface area (Å²) in [5.41, 5.74) is 7.25. The average Bonchev–Trinajstić information content (AvgIpc) is 2.36. The molecule has 2 rings (SSSR count). The zero-order chi connectivity index (χ0) is 14.9. The third kappa shape index (κ3) is 2.88. The molecule has 0 aliphatic carbocycles. The molecule has 0 saturated heterocycles. The van der Waals surface area contributed by atoms with Crippen molar-refractivity contribution in [3.63, 3.8) is 0 Å². The largest absolute Gasteiger partial charge is 0.478 e. The van der Waals surface area contributed by atoms with Crippen LogP contribution in [0.4, 0.5) is 11.4 Å². The van der Waals surface area contributed by atoms with Crippen LogP contribution in [-0.4, -0.2) is 44.1 Å². The van der Waals surface area contributed by atoms with Crippen molar-refractivity contribution in [1.82, 2.24) is 4.90 Å². The lowest BCUT2D eigenvalue weighted by Gasteiger charge is -2.36. The molecular weight excluding hydrogens is 254 g/mol. The van der Waals surface area contributed by atoms with Crippen molar-refractivity contribution >= 4 is 17.3 Å². The Morgan fingerprint density at radius 3 is 2.70 bits per heavy atom. The van der Waals surface area contributed by atoms with Crippen molar-refractivity contribution in [2.75, 3.05) is 37.8 Å². The van der Waals surface area contributed by atoms with Crippen molar-refractivity contribution in [2.24, 2.45) is 5.92 Å². The number of amides is 1. The molecule has 1 aromatic carbocycles. The van der Waals surface area contributed by atoms with E-state index in [2.05, 4.69) is 4.90 Å². The van der Waals surface area contributed by atoms with Gasteiger partial charge >= 0.3 is 0 Å². The van der Waals surface area contributed by atoms with Gasteiger partial charge in [-0.05, 0) is 38.2 Å². The molecule has 1 atom stereocenters. The van der Waals surface area contributed by atoms with Crippen LogP contribution in [0.5, 0.6) is 5.75 Å². The maximum absolute atomic E-state index is 12.6. The molecule has 1 aromatic rings. The highest BCUT2D eigenvalue weighted by molar-refractivity contribution is 6.00. The highest BCUT2D eigenvalue weighted by Crippen LogP contribution is 2.36. The van der Waals surface area contributed by atoms with Gasteiger partial charge in [0.05, 0.1) is 5.69 Å². The highest BCUT2D eigenvalue weighted by Gasteiger charge is 2.36. The molecule has 5 heteroatoms. The van der Waals surface area contributed by atoms with Crippen LogP contribution in [0.3, 0.4) is 0 Å². The number of nitrogen functional groups attached to an aromatic ring is 1. The van der Waals surface area contributed by atoms with E-state index < -0.39 is 6.10 Å². The van der Waals surface area contributed by atoms with E-state index in [4.69, 9.17) is 10.5 Å². The Hall–Kier alpha value is -1.75. The average molecular weight is 277 g/mol. The standard InChI is InChI=1S/C15H23N3O2/c1-10(2)14-15(19)18(8-7-17(3)4)12-9-11(16)5-6-13(12)20-14/h5-6,9-10,14H,7-8,16H2,1-4H3. The molecule has 1 aliphatic rings. The topological polar surface area (TPSA) is 58.8 Å². The normalized spacial score (nSPS) is 18.4. The van der Waals surface area contributed by atoms with Crippen molar-refractivity contribution in [1.29, 1.82) is 0 Å². The summed E-state index contributed by atoms with van der Waals surface area (Å²) in [5.74, 6) is 0.881. The molecule has 5 nitrogen and oxygen atoms in total. The van der Waals surface area contributed by atoms with Gasteiger partial charge in [-0.2, -0.15) is 0 Å². The summed E-state index contributed by atoms with van der Waals surface area (Å²) in [6, 6.07) is 5.45. The summed E-state index contributed by atoms with van der Waals surface area (Å²) in [6.07, 6.45) is -0.423. The molecular formula is C15H23N3O2. The van der Waals surface area contributed by atoms with Crippen molar-refractivity contribution < 1.29 is 9.53 Å². The summed E-state index contributed by atoms with van der Waals surface area (Å²) in [4.78, 5) is 16.4. The maximum Gasteiger partial charge on any atom is 0.268 e. The fraction of sp³-hybridized carbons (Fsp3) is 0.533. The number of anilines is 2. The van der Waals surface area contributed by atoms with Gasteiger partial charge in [-0.15, -0.1) is 0 Å². The molecule has 110 valence electrons. The predicted octanol–water partition coefficient (Wildman–Crippen LogP) is 1.58. The van der Waals surface area contributed by atoms with Crippen LogP contribution in [0.25, 0.3) is 0 Å². The van der Waals surface area contributed by atoms with E-state index in [-0.39, 0.29) is 11.8 Å². The molecule has 0 saturated carbocycles. The molecule has 1 amide bonds. The van der Waals surface area contributed by atoms with E-state index in [1.165, 1.54) is 0 Å². The van der Waals surface area contributed by atoms with E-state index >= 15 is 0 Å². The van der Waals surface area contributed by atoms with Crippen LogP contribution >= 0.6 is 0 Å². The number of nitrogens with two attached hydrogens (primary N) is 1. The molecule has 1 heterocycles. The third-order valence-electron chi connectivity index (χ3n) is 3.41. The van der Waals surface area contributed by atoms with E-state index in [1.807, 2.05) is 34.0 Å². The van der Waals surface area contributed by atoms with Gasteiger partial charge in [-0.1, -0.05) is 13.8 Å². The van der Waals surface area contributed by atoms with E-state index in [9.17, 15) is 4.79 Å². The SMILES string of the molecule is CC(C)C1Oc2ccc(N)cc2N(CCN(C)C)C1=O. The van der Waals surface area contributed by atoms with Crippen LogP contribution in [0, 0.1) is 5.92 Å². The Morgan fingerprint density at radius 2 is 2.10 bits per heavy atom. The summed E-state index contributed by atoms with van der Waals surface area (Å²) >= 11 is 0. The smallest absolute Gasteiger partial charge is 0.268 e. The Morgan fingerprint density at radius 1 is 1.40 bits per heavy atom. The third-order valence-corrected chi connectivity index (χ3v) is 3.41. The number of carbonyl (C=O) groups is 1. The Bertz CT molecular complexity index is 500. The molecule has 0 aromatic heterocycles. The molecule has 0 radical (unpaired) electrons. The minimum absolute atomic E-state index is 0.0138. The van der Waals surface area contributed by atoms with Crippen LogP contribution in [0.15, 0.2) is 18.2 Å². The van der Waals surface area contributed by atoms with Gasteiger partial charge in [0.1, 0.15) is 5.75 Å². The second-order valence-electron chi connectivity index (χ2n) is 5.80. The fourth-order valence-corrected chi connectivity index (χ4v) is 2.26. The highest BCUT2D eigenvalue weighted by atomic mass is 16.5. The van der Waals surface area contributed by atoms with Crippen molar-refractivity contribution in [3.8, 4) is 5.75 Å². The lowest BCUT2D eigenvalue weighted by Crippen LogP contribution is -2.50. The summed E-state index contributed by atoms with van der Waals surface area (Å²) < 4.78 is 5.84. The second kappa shape index (κ2) is 5.71. The monoisotopic (exact) mass is 277 g/mol. The van der Waals surface area contributed by atoms with E-state index in [1.54, 1.807) is 17.0 Å². The first kappa shape index (κ1) is 14.7. The summed E-state index contributed by atoms with van der Waals surface area (Å²) in [6.45, 7) is 5.42. The molecule has 0 bridgehead atoms. The van der Waals surface area contributed by atoms with Gasteiger partial charge in [0.15, 0.2) is 6.10 Å². The van der Waals surface area contributed by atoms with Gasteiger partial charge in [0.25, 0.3) is 5.91 Å². The number of hydrogen-bond donors (Lipinski definition) is 1. The van der Waals surface area contributed by atoms with Crippen LogP contribution in [-0.2, 0) is 4.79 Å². The number of nitrogens with zero attached hydrogens (tertiary/aromatic N) is 2. The minimum atomic E-state index is -0.423. The lowest BCUT2D eigenvalue weighted by atomic mass is 10.0. The Kier molecular flexibility index (Phi) is 4.18. The fourth-order valence-electron chi connectivity index (χ4n) is 2.26. The van der Waals surface area contributed by atoms with Gasteiger partial charge in [-0.3, -0.25) is 4.79 Å². The second-order valence-corrected chi connectivity index (χ2v) is 5.80. The zero-order valence-electron chi connectivity index (χ0n) is 12.6. The van der Waals surface area contributed by atoms with Crippen LogP contribution in [0.1, 0.15) is 13.8 Å². The molecule has 1 unspecified atom stereocenters. The molecule has 0 fully saturated rings. The lowest BCUT2D eigenvalue weighted by molar-refractivity contribution is -0.128. The first-order chi connectivity index (χ1) is 9.40. The molecule has 20 heavy (non-hydrogen) atoms. The number of benzene rings is 1. The van der Waals surface area contributed by atoms with E-state index in [0.717, 1.165) is 18.0 Å². The van der Waals surface area contributed by atoms with Crippen LogP contribution < -0.4 is 15.4 Å². The minimum Gasteiger partial charge on any atom is -0.478 e. The predicted molar refractivity (Wildman–Crippen MR) is 81.0 cm³/mol. The van der Waals surface area contributed by atoms with Crippen molar-refractivity contribution in [3.05, 3.63) is 18.2 Å². The molecule has 2 N–H and O–H groups in total. The number of hydrogen-bond acceptors (Lipinski definition) is 4. The zero-order valence-corrected chi connectivity index (χ0v) is 12.6. The van der Waals surface area contributed by atoms with Gasteiger partial charge in [0.2, 0.25) is 0 Å². The Balaban J connectivity index is 2.35. The van der Waals surface area contributed by atoms with Gasteiger partial charge in [0, 0.05) is 18.8 Å². The van der Waals surface area contributed by atoms with Crippen LogP contribution in [0.2, 0.25) is 0 Å². The quantitative estimate of drug-likeness (QED) is 0.849. The number of fused-ring (bicyclic) bond motifs is 1.